The summed E-state index contributed by atoms with van der Waals surface area (Å²) in [5.41, 5.74) is 7.37. The van der Waals surface area contributed by atoms with Crippen LogP contribution in [0.2, 0.25) is 0 Å². The Balaban J connectivity index is 1.28. The van der Waals surface area contributed by atoms with Gasteiger partial charge in [0.2, 0.25) is 11.8 Å². The number of hydrogen-bond acceptors (Lipinski definition) is 4. The van der Waals surface area contributed by atoms with E-state index < -0.39 is 0 Å². The number of para-hydroxylation sites is 1. The molecule has 3 aromatic rings. The van der Waals surface area contributed by atoms with E-state index in [1.807, 2.05) is 54.6 Å². The summed E-state index contributed by atoms with van der Waals surface area (Å²) in [5.74, 6) is 0.488. The van der Waals surface area contributed by atoms with Crippen LogP contribution in [0.3, 0.4) is 0 Å². The van der Waals surface area contributed by atoms with E-state index >= 15 is 0 Å². The van der Waals surface area contributed by atoms with Crippen LogP contribution in [0.15, 0.2) is 66.7 Å². The molecule has 6 nitrogen and oxygen atoms in total. The third kappa shape index (κ3) is 6.11. The van der Waals surface area contributed by atoms with E-state index in [0.29, 0.717) is 32.5 Å². The van der Waals surface area contributed by atoms with Crippen molar-refractivity contribution in [2.75, 3.05) is 25.0 Å². The predicted molar refractivity (Wildman–Crippen MR) is 131 cm³/mol. The summed E-state index contributed by atoms with van der Waals surface area (Å²) in [5, 5.41) is 5.27. The number of primary amides is 1. The highest BCUT2D eigenvalue weighted by atomic mass is 16.5. The maximum Gasteiger partial charge on any atom is 0.224 e. The van der Waals surface area contributed by atoms with E-state index in [4.69, 9.17) is 10.5 Å². The smallest absolute Gasteiger partial charge is 0.224 e. The van der Waals surface area contributed by atoms with Crippen LogP contribution < -0.4 is 15.8 Å². The first-order valence-electron chi connectivity index (χ1n) is 11.6. The molecule has 0 aromatic heterocycles. The molecule has 1 heterocycles. The summed E-state index contributed by atoms with van der Waals surface area (Å²) in [4.78, 5) is 26.4. The van der Waals surface area contributed by atoms with Crippen LogP contribution in [-0.2, 0) is 16.1 Å². The Morgan fingerprint density at radius 3 is 2.70 bits per heavy atom. The van der Waals surface area contributed by atoms with Crippen LogP contribution in [0.25, 0.3) is 10.8 Å². The molecule has 1 saturated heterocycles. The second kappa shape index (κ2) is 11.0. The molecular weight excluding hydrogens is 414 g/mol. The number of ether oxygens (including phenoxy) is 1. The van der Waals surface area contributed by atoms with Crippen molar-refractivity contribution in [3.63, 3.8) is 0 Å². The van der Waals surface area contributed by atoms with Crippen LogP contribution in [0.5, 0.6) is 5.75 Å². The zero-order valence-corrected chi connectivity index (χ0v) is 18.8. The summed E-state index contributed by atoms with van der Waals surface area (Å²) in [6.07, 6.45) is 2.82. The van der Waals surface area contributed by atoms with Crippen LogP contribution >= 0.6 is 0 Å². The summed E-state index contributed by atoms with van der Waals surface area (Å²) in [6, 6.07) is 22.0. The average molecular weight is 446 g/mol. The molecule has 3 N–H and O–H groups in total. The highest BCUT2D eigenvalue weighted by Gasteiger charge is 2.24. The number of anilines is 1. The number of carbonyl (C=O) groups is 2. The van der Waals surface area contributed by atoms with Gasteiger partial charge in [-0.25, -0.2) is 0 Å². The van der Waals surface area contributed by atoms with Gasteiger partial charge in [0.05, 0.1) is 12.5 Å². The average Bonchev–Trinajstić information content (AvgIpc) is 2.83. The van der Waals surface area contributed by atoms with Crippen molar-refractivity contribution in [1.82, 2.24) is 4.90 Å². The predicted octanol–water partition coefficient (Wildman–Crippen LogP) is 4.33. The summed E-state index contributed by atoms with van der Waals surface area (Å²) >= 11 is 0. The molecule has 33 heavy (non-hydrogen) atoms. The van der Waals surface area contributed by atoms with Crippen molar-refractivity contribution in [3.8, 4) is 5.75 Å². The van der Waals surface area contributed by atoms with Gasteiger partial charge in [0.25, 0.3) is 0 Å². The number of nitrogens with zero attached hydrogens (tertiary/aromatic N) is 1. The molecule has 172 valence electrons. The van der Waals surface area contributed by atoms with Crippen molar-refractivity contribution >= 4 is 28.3 Å². The number of benzene rings is 3. The van der Waals surface area contributed by atoms with E-state index in [0.717, 1.165) is 47.2 Å². The fraction of sp³-hybridized carbons (Fsp3) is 0.333. The van der Waals surface area contributed by atoms with E-state index in [-0.39, 0.29) is 17.7 Å². The van der Waals surface area contributed by atoms with Gasteiger partial charge >= 0.3 is 0 Å². The van der Waals surface area contributed by atoms with Crippen molar-refractivity contribution in [2.45, 2.75) is 32.2 Å². The number of rotatable bonds is 9. The Bertz CT molecular complexity index is 1110. The first-order chi connectivity index (χ1) is 16.1. The number of likely N-dealkylation sites (tertiary alicyclic amines) is 1. The van der Waals surface area contributed by atoms with Crippen LogP contribution in [0, 0.1) is 5.92 Å². The Labute approximate surface area is 194 Å². The Morgan fingerprint density at radius 2 is 1.82 bits per heavy atom. The number of nitrogens with one attached hydrogen (secondary N) is 1. The van der Waals surface area contributed by atoms with Gasteiger partial charge in [0.1, 0.15) is 5.75 Å². The van der Waals surface area contributed by atoms with Gasteiger partial charge in [-0.15, -0.1) is 0 Å². The van der Waals surface area contributed by atoms with Gasteiger partial charge in [-0.3, -0.25) is 14.5 Å². The third-order valence-corrected chi connectivity index (χ3v) is 6.15. The van der Waals surface area contributed by atoms with Gasteiger partial charge in [0.15, 0.2) is 0 Å². The highest BCUT2D eigenvalue weighted by Crippen LogP contribution is 2.25. The zero-order valence-electron chi connectivity index (χ0n) is 18.8. The molecule has 6 heteroatoms. The topological polar surface area (TPSA) is 84.7 Å². The van der Waals surface area contributed by atoms with Gasteiger partial charge in [0, 0.05) is 30.6 Å². The lowest BCUT2D eigenvalue weighted by atomic mass is 9.97. The maximum absolute atomic E-state index is 12.6. The lowest BCUT2D eigenvalue weighted by Crippen LogP contribution is -2.40. The molecule has 0 spiro atoms. The molecule has 0 radical (unpaired) electrons. The van der Waals surface area contributed by atoms with Gasteiger partial charge < -0.3 is 15.8 Å². The summed E-state index contributed by atoms with van der Waals surface area (Å²) < 4.78 is 5.95. The second-order valence-electron chi connectivity index (χ2n) is 8.61. The van der Waals surface area contributed by atoms with E-state index in [2.05, 4.69) is 22.3 Å². The van der Waals surface area contributed by atoms with Crippen molar-refractivity contribution in [2.24, 2.45) is 11.7 Å². The Kier molecular flexibility index (Phi) is 7.58. The SMILES string of the molecule is NC(=O)C1CCCN(Cc2ccccc2NC(=O)CCCOc2cccc3ccccc23)C1. The molecule has 1 unspecified atom stereocenters. The fourth-order valence-electron chi connectivity index (χ4n) is 4.40. The van der Waals surface area contributed by atoms with E-state index in [1.54, 1.807) is 0 Å². The maximum atomic E-state index is 12.6. The van der Waals surface area contributed by atoms with E-state index in [9.17, 15) is 9.59 Å². The molecule has 1 fully saturated rings. The van der Waals surface area contributed by atoms with E-state index in [1.165, 1.54) is 0 Å². The number of fused-ring (bicyclic) bond motifs is 1. The third-order valence-electron chi connectivity index (χ3n) is 6.15. The molecule has 2 amide bonds. The van der Waals surface area contributed by atoms with Crippen molar-refractivity contribution < 1.29 is 14.3 Å². The van der Waals surface area contributed by atoms with Gasteiger partial charge in [-0.05, 0) is 48.9 Å². The molecule has 0 aliphatic carbocycles. The Hall–Kier alpha value is -3.38. The molecule has 1 aliphatic rings. The molecule has 0 bridgehead atoms. The lowest BCUT2D eigenvalue weighted by Gasteiger charge is -2.31. The zero-order chi connectivity index (χ0) is 23.0. The molecular formula is C27H31N3O3. The number of piperidine rings is 1. The van der Waals surface area contributed by atoms with Gasteiger partial charge in [-0.1, -0.05) is 54.6 Å². The molecule has 0 saturated carbocycles. The lowest BCUT2D eigenvalue weighted by molar-refractivity contribution is -0.123. The second-order valence-corrected chi connectivity index (χ2v) is 8.61. The van der Waals surface area contributed by atoms with Crippen LogP contribution in [0.4, 0.5) is 5.69 Å². The fourth-order valence-corrected chi connectivity index (χ4v) is 4.40. The van der Waals surface area contributed by atoms with Crippen LogP contribution in [-0.4, -0.2) is 36.4 Å². The molecule has 3 aromatic carbocycles. The van der Waals surface area contributed by atoms with Crippen molar-refractivity contribution in [3.05, 3.63) is 72.3 Å². The summed E-state index contributed by atoms with van der Waals surface area (Å²) in [6.45, 7) is 2.76. The van der Waals surface area contributed by atoms with Crippen molar-refractivity contribution in [1.29, 1.82) is 0 Å². The minimum atomic E-state index is -0.230. The highest BCUT2D eigenvalue weighted by molar-refractivity contribution is 5.91. The van der Waals surface area contributed by atoms with Crippen LogP contribution in [0.1, 0.15) is 31.2 Å². The summed E-state index contributed by atoms with van der Waals surface area (Å²) in [7, 11) is 0. The standard InChI is InChI=1S/C27H31N3O3/c28-27(32)22-11-6-16-30(19-22)18-21-9-2-4-13-24(21)29-26(31)15-7-17-33-25-14-5-10-20-8-1-3-12-23(20)25/h1-5,8-10,12-14,22H,6-7,11,15-19H2,(H2,28,32)(H,29,31). The quantitative estimate of drug-likeness (QED) is 0.480. The minimum absolute atomic E-state index is 0.0300. The number of amides is 2. The molecule has 1 atom stereocenters. The monoisotopic (exact) mass is 445 g/mol. The number of carbonyl (C=O) groups excluding carboxylic acids is 2. The minimum Gasteiger partial charge on any atom is -0.493 e. The molecule has 1 aliphatic heterocycles. The largest absolute Gasteiger partial charge is 0.493 e. The first kappa shape index (κ1) is 22.8. The van der Waals surface area contributed by atoms with Gasteiger partial charge in [-0.2, -0.15) is 0 Å². The number of hydrogen-bond donors (Lipinski definition) is 2. The Morgan fingerprint density at radius 1 is 1.03 bits per heavy atom. The normalized spacial score (nSPS) is 16.4. The molecule has 4 rings (SSSR count). The first-order valence-corrected chi connectivity index (χ1v) is 11.6. The number of nitrogens with two attached hydrogens (primary N) is 1.